The molecule has 1 aromatic carbocycles. The van der Waals surface area contributed by atoms with Crippen molar-refractivity contribution in [3.8, 4) is 0 Å². The Bertz CT molecular complexity index is 1690. The summed E-state index contributed by atoms with van der Waals surface area (Å²) in [5.74, 6) is 0.980. The number of carbonyl (C=O) groups excluding carboxylic acids is 3. The van der Waals surface area contributed by atoms with E-state index in [0.717, 1.165) is 55.2 Å². The van der Waals surface area contributed by atoms with Crippen molar-refractivity contribution in [2.45, 2.75) is 57.0 Å². The van der Waals surface area contributed by atoms with Crippen LogP contribution >= 0.6 is 12.2 Å². The van der Waals surface area contributed by atoms with Crippen molar-refractivity contribution >= 4 is 47.9 Å². The van der Waals surface area contributed by atoms with Crippen LogP contribution in [0.25, 0.3) is 6.08 Å². The number of ketones is 2. The molecule has 1 spiro atoms. The molecule has 1 N–H and O–H groups in total. The summed E-state index contributed by atoms with van der Waals surface area (Å²) >= 11 is 5.52. The summed E-state index contributed by atoms with van der Waals surface area (Å²) in [7, 11) is 3.43. The highest BCUT2D eigenvalue weighted by molar-refractivity contribution is 7.71. The van der Waals surface area contributed by atoms with Crippen molar-refractivity contribution in [2.24, 2.45) is 36.3 Å². The molecular weight excluding hydrogens is 538 g/mol. The van der Waals surface area contributed by atoms with Crippen LogP contribution in [0.15, 0.2) is 39.6 Å². The van der Waals surface area contributed by atoms with Crippen LogP contribution in [-0.2, 0) is 36.5 Å². The molecule has 4 fully saturated rings. The Morgan fingerprint density at radius 3 is 2.63 bits per heavy atom. The maximum absolute atomic E-state index is 13.2. The highest BCUT2D eigenvalue weighted by Crippen LogP contribution is 2.80. The van der Waals surface area contributed by atoms with Gasteiger partial charge in [-0.3, -0.25) is 18.7 Å². The molecule has 0 radical (unpaired) electrons. The third-order valence-corrected chi connectivity index (χ3v) is 10.6. The third kappa shape index (κ3) is 4.17. The zero-order valence-electron chi connectivity index (χ0n) is 23.3. The summed E-state index contributed by atoms with van der Waals surface area (Å²) < 4.78 is 3.62. The Kier molecular flexibility index (Phi) is 6.04. The molecule has 0 bridgehead atoms. The average molecular weight is 572 g/mol. The predicted octanol–water partition coefficient (Wildman–Crippen LogP) is 3.45. The topological polar surface area (TPSA) is 106 Å². The van der Waals surface area contributed by atoms with E-state index in [1.54, 1.807) is 24.7 Å². The summed E-state index contributed by atoms with van der Waals surface area (Å²) in [5.41, 5.74) is 3.02. The summed E-state index contributed by atoms with van der Waals surface area (Å²) in [6.07, 6.45) is 9.27. The number of urea groups is 1. The standard InChI is InChI=1S/C31H33N5O4S/c1-34-27-20(28(41)35(2)30(34)40)10-9-19(15-32-27)8-5-17-3-6-18(7-4-17)13-21-23(37)11-12-31-14-22(31)25-26(31)36(25)29(39)33-16-24(21)38/h3-4,6-7,13,15,19,22,25-26H,5,8-12,14,16H2,1-2H3,(H,33,39). The monoisotopic (exact) mass is 571 g/mol. The van der Waals surface area contributed by atoms with Gasteiger partial charge in [-0.25, -0.2) is 14.6 Å². The van der Waals surface area contributed by atoms with E-state index < -0.39 is 0 Å². The van der Waals surface area contributed by atoms with Gasteiger partial charge in [0.2, 0.25) is 0 Å². The minimum Gasteiger partial charge on any atom is -0.331 e. The molecule has 5 atom stereocenters. The number of amides is 2. The van der Waals surface area contributed by atoms with Crippen LogP contribution in [0, 0.1) is 21.9 Å². The zero-order chi connectivity index (χ0) is 28.6. The number of hydrogen-bond donors (Lipinski definition) is 1. The minimum absolute atomic E-state index is 0.116. The Balaban J connectivity index is 1.01. The van der Waals surface area contributed by atoms with Gasteiger partial charge >= 0.3 is 11.7 Å². The number of aromatic nitrogens is 2. The first kappa shape index (κ1) is 26.3. The van der Waals surface area contributed by atoms with Crippen LogP contribution in [0.5, 0.6) is 0 Å². The van der Waals surface area contributed by atoms with Crippen molar-refractivity contribution in [3.05, 3.63) is 61.7 Å². The molecule has 212 valence electrons. The van der Waals surface area contributed by atoms with Crippen LogP contribution in [0.3, 0.4) is 0 Å². The smallest absolute Gasteiger partial charge is 0.330 e. The van der Waals surface area contributed by atoms with Crippen LogP contribution in [0.1, 0.15) is 48.8 Å². The maximum atomic E-state index is 13.2. The van der Waals surface area contributed by atoms with E-state index in [2.05, 4.69) is 10.3 Å². The lowest BCUT2D eigenvalue weighted by atomic mass is 9.80. The number of carbonyl (C=O) groups is 3. The van der Waals surface area contributed by atoms with Crippen molar-refractivity contribution in [3.63, 3.8) is 0 Å². The highest BCUT2D eigenvalue weighted by atomic mass is 32.1. The number of nitrogens with zero attached hydrogens (tertiary/aromatic N) is 4. The highest BCUT2D eigenvalue weighted by Gasteiger charge is 2.86. The molecule has 2 aliphatic carbocycles. The van der Waals surface area contributed by atoms with Crippen LogP contribution < -0.4 is 11.0 Å². The zero-order valence-corrected chi connectivity index (χ0v) is 24.1. The summed E-state index contributed by atoms with van der Waals surface area (Å²) in [6.45, 7) is -0.158. The van der Waals surface area contributed by atoms with Crippen LogP contribution in [-0.4, -0.2) is 56.5 Å². The number of aliphatic imine (C=N–C) groups is 1. The van der Waals surface area contributed by atoms with E-state index in [0.29, 0.717) is 28.8 Å². The molecule has 4 heterocycles. The second kappa shape index (κ2) is 9.44. The summed E-state index contributed by atoms with van der Waals surface area (Å²) in [4.78, 5) is 57.6. The average Bonchev–Trinajstić information content (AvgIpc) is 3.85. The number of hydrogen-bond acceptors (Lipinski definition) is 6. The summed E-state index contributed by atoms with van der Waals surface area (Å²) in [5, 5.41) is 2.74. The van der Waals surface area contributed by atoms with E-state index in [1.165, 1.54) is 4.57 Å². The van der Waals surface area contributed by atoms with Gasteiger partial charge in [0.15, 0.2) is 11.6 Å². The molecular formula is C31H33N5O4S. The molecule has 5 unspecified atom stereocenters. The van der Waals surface area contributed by atoms with Gasteiger partial charge in [0.25, 0.3) is 0 Å². The molecule has 41 heavy (non-hydrogen) atoms. The number of rotatable bonds is 4. The SMILES string of the molecule is Cn1c2c(c(=S)n(C)c1=O)CCC(CCc1ccc(C=C3C(=O)CCC45CC4C4C5N4C(=O)NCC3=O)cc1)C=N2. The Hall–Kier alpha value is -3.66. The van der Waals surface area contributed by atoms with E-state index in [9.17, 15) is 19.2 Å². The van der Waals surface area contributed by atoms with Crippen LogP contribution in [0.2, 0.25) is 0 Å². The fourth-order valence-electron chi connectivity index (χ4n) is 7.53. The lowest BCUT2D eigenvalue weighted by Crippen LogP contribution is -2.35. The number of fused-ring (bicyclic) bond motifs is 3. The Morgan fingerprint density at radius 1 is 1.07 bits per heavy atom. The van der Waals surface area contributed by atoms with E-state index in [4.69, 9.17) is 12.2 Å². The molecule has 3 aliphatic heterocycles. The van der Waals surface area contributed by atoms with E-state index in [1.807, 2.05) is 35.4 Å². The second-order valence-corrected chi connectivity index (χ2v) is 12.7. The first-order chi connectivity index (χ1) is 19.7. The molecule has 1 aromatic heterocycles. The van der Waals surface area contributed by atoms with Gasteiger partial charge in [0, 0.05) is 32.3 Å². The first-order valence-electron chi connectivity index (χ1n) is 14.5. The normalized spacial score (nSPS) is 30.8. The number of piperidine rings is 1. The number of aryl methyl sites for hydroxylation is 1. The number of nitrogens with one attached hydrogen (secondary N) is 1. The van der Waals surface area contributed by atoms with Crippen molar-refractivity contribution in [2.75, 3.05) is 6.54 Å². The molecule has 2 saturated heterocycles. The first-order valence-corrected chi connectivity index (χ1v) is 14.9. The lowest BCUT2D eigenvalue weighted by Gasteiger charge is -2.21. The summed E-state index contributed by atoms with van der Waals surface area (Å²) in [6, 6.07) is 8.37. The molecule has 2 aromatic rings. The van der Waals surface area contributed by atoms with E-state index >= 15 is 0 Å². The van der Waals surface area contributed by atoms with Gasteiger partial charge in [-0.2, -0.15) is 0 Å². The molecule has 5 aliphatic rings. The number of benzene rings is 1. The molecule has 7 rings (SSSR count). The lowest BCUT2D eigenvalue weighted by molar-refractivity contribution is -0.121. The fraction of sp³-hybridized carbons (Fsp3) is 0.484. The van der Waals surface area contributed by atoms with Crippen molar-refractivity contribution in [1.29, 1.82) is 0 Å². The van der Waals surface area contributed by atoms with Gasteiger partial charge in [-0.1, -0.05) is 36.5 Å². The fourth-order valence-corrected chi connectivity index (χ4v) is 7.81. The van der Waals surface area contributed by atoms with Crippen molar-refractivity contribution < 1.29 is 14.4 Å². The Labute approximate surface area is 243 Å². The van der Waals surface area contributed by atoms with Crippen LogP contribution in [0.4, 0.5) is 10.6 Å². The molecule has 2 saturated carbocycles. The minimum atomic E-state index is -0.340. The third-order valence-electron chi connectivity index (χ3n) is 10.1. The van der Waals surface area contributed by atoms with Gasteiger partial charge in [0.1, 0.15) is 10.5 Å². The van der Waals surface area contributed by atoms with Gasteiger partial charge in [-0.05, 0) is 73.0 Å². The van der Waals surface area contributed by atoms with Gasteiger partial charge in [0.05, 0.1) is 24.2 Å². The largest absolute Gasteiger partial charge is 0.331 e. The van der Waals surface area contributed by atoms with E-state index in [-0.39, 0.29) is 52.8 Å². The predicted molar refractivity (Wildman–Crippen MR) is 157 cm³/mol. The second-order valence-electron chi connectivity index (χ2n) is 12.3. The quantitative estimate of drug-likeness (QED) is 0.262. The molecule has 9 nitrogen and oxygen atoms in total. The number of Topliss-reactive ketones (excluding diaryl/α,β-unsaturated/α-hetero) is 2. The molecule has 2 amide bonds. The maximum Gasteiger partial charge on any atom is 0.330 e. The Morgan fingerprint density at radius 2 is 1.85 bits per heavy atom. The molecule has 10 heteroatoms. The van der Waals surface area contributed by atoms with Gasteiger partial charge < -0.3 is 10.2 Å². The van der Waals surface area contributed by atoms with Crippen molar-refractivity contribution in [1.82, 2.24) is 19.4 Å². The van der Waals surface area contributed by atoms with Gasteiger partial charge in [-0.15, -0.1) is 0 Å².